The van der Waals surface area contributed by atoms with Crippen LogP contribution in [-0.2, 0) is 19.1 Å². The Morgan fingerprint density at radius 2 is 1.96 bits per heavy atom. The summed E-state index contributed by atoms with van der Waals surface area (Å²) in [7, 11) is 1.26. The second-order valence-corrected chi connectivity index (χ2v) is 9.37. The van der Waals surface area contributed by atoms with Crippen LogP contribution in [0.15, 0.2) is 23.3 Å². The van der Waals surface area contributed by atoms with Gasteiger partial charge in [-0.2, -0.15) is 0 Å². The van der Waals surface area contributed by atoms with Crippen molar-refractivity contribution in [3.8, 4) is 0 Å². The summed E-state index contributed by atoms with van der Waals surface area (Å²) in [4.78, 5) is 22.6. The summed E-state index contributed by atoms with van der Waals surface area (Å²) < 4.78 is 9.59. The molecule has 2 aliphatic carbocycles. The highest BCUT2D eigenvalue weighted by Gasteiger charge is 2.52. The maximum absolute atomic E-state index is 11.6. The van der Waals surface area contributed by atoms with Crippen molar-refractivity contribution in [2.75, 3.05) is 13.7 Å². The zero-order chi connectivity index (χ0) is 20.9. The van der Waals surface area contributed by atoms with Crippen LogP contribution in [0.3, 0.4) is 0 Å². The average Bonchev–Trinajstić information content (AvgIpc) is 2.65. The van der Waals surface area contributed by atoms with E-state index >= 15 is 0 Å². The lowest BCUT2D eigenvalue weighted by atomic mass is 9.47. The Morgan fingerprint density at radius 1 is 1.25 bits per heavy atom. The molecule has 4 heteroatoms. The van der Waals surface area contributed by atoms with Gasteiger partial charge in [-0.05, 0) is 81.1 Å². The van der Waals surface area contributed by atoms with Gasteiger partial charge in [0.25, 0.3) is 0 Å². The summed E-state index contributed by atoms with van der Waals surface area (Å²) >= 11 is 0. The van der Waals surface area contributed by atoms with Crippen molar-refractivity contribution in [1.29, 1.82) is 0 Å². The lowest BCUT2D eigenvalue weighted by Crippen LogP contribution is -2.49. The molecule has 4 nitrogen and oxygen atoms in total. The Balaban J connectivity index is 1.95. The molecular formula is C24H38O4. The molecule has 0 saturated heterocycles. The SMILES string of the molecule is COC(=O)CC(=O)OCC=C(C)CCC1(C)C(C)CCC2(C)C(C)=CCCC21. The smallest absolute Gasteiger partial charge is 0.317 e. The van der Waals surface area contributed by atoms with E-state index in [-0.39, 0.29) is 13.0 Å². The number of carbonyl (C=O) groups excluding carboxylic acids is 2. The number of carbonyl (C=O) groups is 2. The molecular weight excluding hydrogens is 352 g/mol. The molecule has 2 rings (SSSR count). The number of hydrogen-bond acceptors (Lipinski definition) is 4. The molecule has 1 fully saturated rings. The molecule has 0 N–H and O–H groups in total. The summed E-state index contributed by atoms with van der Waals surface area (Å²) in [6.45, 7) is 12.1. The monoisotopic (exact) mass is 390 g/mol. The average molecular weight is 391 g/mol. The first-order chi connectivity index (χ1) is 13.1. The van der Waals surface area contributed by atoms with Crippen LogP contribution in [-0.4, -0.2) is 25.7 Å². The van der Waals surface area contributed by atoms with Crippen LogP contribution in [0.4, 0.5) is 0 Å². The highest BCUT2D eigenvalue weighted by Crippen LogP contribution is 2.61. The summed E-state index contributed by atoms with van der Waals surface area (Å²) in [6, 6.07) is 0. The lowest BCUT2D eigenvalue weighted by Gasteiger charge is -2.58. The number of hydrogen-bond donors (Lipinski definition) is 0. The first-order valence-corrected chi connectivity index (χ1v) is 10.7. The van der Waals surface area contributed by atoms with E-state index < -0.39 is 11.9 Å². The molecule has 0 aromatic rings. The number of esters is 2. The predicted octanol–water partition coefficient (Wildman–Crippen LogP) is 5.62. The topological polar surface area (TPSA) is 52.6 Å². The third-order valence-corrected chi connectivity index (χ3v) is 7.84. The fourth-order valence-corrected chi connectivity index (χ4v) is 5.42. The van der Waals surface area contributed by atoms with Gasteiger partial charge in [0.15, 0.2) is 0 Å². The number of ether oxygens (including phenoxy) is 2. The summed E-state index contributed by atoms with van der Waals surface area (Å²) in [5, 5.41) is 0. The standard InChI is InChI=1S/C24H38O4/c1-17(12-15-28-22(26)16-21(25)27-6)10-13-23(4)19(3)11-14-24(5)18(2)8-7-9-20(23)24/h8,12,19-20H,7,9-11,13-16H2,1-6H3. The molecule has 2 aliphatic rings. The van der Waals surface area contributed by atoms with Crippen molar-refractivity contribution in [3.63, 3.8) is 0 Å². The number of allylic oxidation sites excluding steroid dienone is 3. The first kappa shape index (κ1) is 22.7. The molecule has 0 spiro atoms. The van der Waals surface area contributed by atoms with Gasteiger partial charge in [-0.15, -0.1) is 0 Å². The predicted molar refractivity (Wildman–Crippen MR) is 112 cm³/mol. The Morgan fingerprint density at radius 3 is 2.64 bits per heavy atom. The summed E-state index contributed by atoms with van der Waals surface area (Å²) in [5.74, 6) is 0.357. The van der Waals surface area contributed by atoms with E-state index in [2.05, 4.69) is 45.4 Å². The maximum atomic E-state index is 11.6. The molecule has 0 bridgehead atoms. The quantitative estimate of drug-likeness (QED) is 0.322. The van der Waals surface area contributed by atoms with Crippen LogP contribution < -0.4 is 0 Å². The van der Waals surface area contributed by atoms with Crippen LogP contribution >= 0.6 is 0 Å². The molecule has 0 heterocycles. The Labute approximate surface area is 170 Å². The summed E-state index contributed by atoms with van der Waals surface area (Å²) in [5.41, 5.74) is 3.51. The Bertz CT molecular complexity index is 647. The normalized spacial score (nSPS) is 32.9. The minimum absolute atomic E-state index is 0.219. The van der Waals surface area contributed by atoms with E-state index in [9.17, 15) is 9.59 Å². The van der Waals surface area contributed by atoms with Crippen LogP contribution in [0.5, 0.6) is 0 Å². The van der Waals surface area contributed by atoms with Gasteiger partial charge in [-0.3, -0.25) is 9.59 Å². The molecule has 1 saturated carbocycles. The first-order valence-electron chi connectivity index (χ1n) is 10.7. The second-order valence-electron chi connectivity index (χ2n) is 9.37. The van der Waals surface area contributed by atoms with Crippen molar-refractivity contribution < 1.29 is 19.1 Å². The van der Waals surface area contributed by atoms with Gasteiger partial charge in [-0.25, -0.2) is 0 Å². The third-order valence-electron chi connectivity index (χ3n) is 7.84. The third kappa shape index (κ3) is 4.87. The number of fused-ring (bicyclic) bond motifs is 1. The van der Waals surface area contributed by atoms with Crippen molar-refractivity contribution in [3.05, 3.63) is 23.3 Å². The molecule has 0 aromatic carbocycles. The van der Waals surface area contributed by atoms with Crippen molar-refractivity contribution >= 4 is 11.9 Å². The Hall–Kier alpha value is -1.58. The van der Waals surface area contributed by atoms with Gasteiger partial charge in [0.1, 0.15) is 13.0 Å². The van der Waals surface area contributed by atoms with Gasteiger partial charge in [0.2, 0.25) is 0 Å². The van der Waals surface area contributed by atoms with Gasteiger partial charge < -0.3 is 9.47 Å². The van der Waals surface area contributed by atoms with Gasteiger partial charge >= 0.3 is 11.9 Å². The molecule has 4 atom stereocenters. The molecule has 28 heavy (non-hydrogen) atoms. The van der Waals surface area contributed by atoms with Crippen molar-refractivity contribution in [2.24, 2.45) is 22.7 Å². The molecule has 0 aliphatic heterocycles. The van der Waals surface area contributed by atoms with Crippen LogP contribution in [0, 0.1) is 22.7 Å². The fourth-order valence-electron chi connectivity index (χ4n) is 5.42. The number of methoxy groups -OCH3 is 1. The zero-order valence-electron chi connectivity index (χ0n) is 18.6. The van der Waals surface area contributed by atoms with Crippen molar-refractivity contribution in [2.45, 2.75) is 79.6 Å². The minimum Gasteiger partial charge on any atom is -0.469 e. The zero-order valence-corrected chi connectivity index (χ0v) is 18.6. The molecule has 4 unspecified atom stereocenters. The second kappa shape index (κ2) is 9.28. The van der Waals surface area contributed by atoms with E-state index in [1.807, 2.05) is 6.08 Å². The fraction of sp³-hybridized carbons (Fsp3) is 0.750. The molecule has 0 amide bonds. The van der Waals surface area contributed by atoms with E-state index in [1.165, 1.54) is 44.8 Å². The van der Waals surface area contributed by atoms with E-state index in [0.29, 0.717) is 10.8 Å². The highest BCUT2D eigenvalue weighted by atomic mass is 16.5. The number of rotatable bonds is 7. The van der Waals surface area contributed by atoms with Gasteiger partial charge in [-0.1, -0.05) is 38.0 Å². The van der Waals surface area contributed by atoms with E-state index in [1.54, 1.807) is 5.57 Å². The van der Waals surface area contributed by atoms with E-state index in [4.69, 9.17) is 4.74 Å². The van der Waals surface area contributed by atoms with Gasteiger partial charge in [0.05, 0.1) is 7.11 Å². The van der Waals surface area contributed by atoms with Crippen LogP contribution in [0.25, 0.3) is 0 Å². The molecule has 0 radical (unpaired) electrons. The van der Waals surface area contributed by atoms with Crippen LogP contribution in [0.2, 0.25) is 0 Å². The molecule has 0 aromatic heterocycles. The Kier molecular flexibility index (Phi) is 7.52. The highest BCUT2D eigenvalue weighted by molar-refractivity contribution is 5.91. The van der Waals surface area contributed by atoms with Crippen LogP contribution in [0.1, 0.15) is 79.6 Å². The molecule has 158 valence electrons. The lowest BCUT2D eigenvalue weighted by molar-refractivity contribution is -0.152. The van der Waals surface area contributed by atoms with Crippen molar-refractivity contribution in [1.82, 2.24) is 0 Å². The minimum atomic E-state index is -0.565. The summed E-state index contributed by atoms with van der Waals surface area (Å²) in [6.07, 6.45) is 11.4. The maximum Gasteiger partial charge on any atom is 0.317 e. The van der Waals surface area contributed by atoms with E-state index in [0.717, 1.165) is 18.3 Å². The largest absolute Gasteiger partial charge is 0.469 e. The van der Waals surface area contributed by atoms with Gasteiger partial charge in [0, 0.05) is 0 Å².